The second-order valence-electron chi connectivity index (χ2n) is 3.95. The van der Waals surface area contributed by atoms with Crippen LogP contribution in [0.25, 0.3) is 11.3 Å². The van der Waals surface area contributed by atoms with Gasteiger partial charge in [-0.3, -0.25) is 0 Å². The molecule has 0 spiro atoms. The van der Waals surface area contributed by atoms with Crippen molar-refractivity contribution in [3.05, 3.63) is 41.3 Å². The molecule has 2 rings (SSSR count). The summed E-state index contributed by atoms with van der Waals surface area (Å²) in [4.78, 5) is 3.93. The highest BCUT2D eigenvalue weighted by atomic mass is 79.9. The van der Waals surface area contributed by atoms with Crippen LogP contribution in [0, 0.1) is 0 Å². The summed E-state index contributed by atoms with van der Waals surface area (Å²) >= 11 is 3.40. The van der Waals surface area contributed by atoms with Gasteiger partial charge in [-0.1, -0.05) is 34.1 Å². The van der Waals surface area contributed by atoms with E-state index in [1.807, 2.05) is 24.3 Å². The summed E-state index contributed by atoms with van der Waals surface area (Å²) in [5, 5.41) is 0. The maximum absolute atomic E-state index is 13.3. The van der Waals surface area contributed by atoms with E-state index < -0.39 is 19.0 Å². The smallest absolute Gasteiger partial charge is 0.277 e. The van der Waals surface area contributed by atoms with Gasteiger partial charge in [0, 0.05) is 10.0 Å². The van der Waals surface area contributed by atoms with E-state index in [9.17, 15) is 8.78 Å². The largest absolute Gasteiger partial charge is 0.325 e. The van der Waals surface area contributed by atoms with E-state index in [0.717, 1.165) is 10.0 Å². The molecule has 96 valence electrons. The van der Waals surface area contributed by atoms with Gasteiger partial charge in [0.1, 0.15) is 0 Å². The topological polar surface area (TPSA) is 43.8 Å². The maximum Gasteiger partial charge on any atom is 0.277 e. The first-order valence-electron chi connectivity index (χ1n) is 5.36. The number of nitrogens with zero attached hydrogens (tertiary/aromatic N) is 2. The lowest BCUT2D eigenvalue weighted by molar-refractivity contribution is -0.00624. The number of alkyl halides is 2. The fourth-order valence-electron chi connectivity index (χ4n) is 1.65. The molecule has 0 unspecified atom stereocenters. The summed E-state index contributed by atoms with van der Waals surface area (Å²) in [6.07, 6.45) is 2.95. The summed E-state index contributed by atoms with van der Waals surface area (Å²) in [6, 6.07) is 7.41. The predicted octanol–water partition coefficient (Wildman–Crippen LogP) is 2.91. The van der Waals surface area contributed by atoms with E-state index in [1.54, 1.807) is 6.20 Å². The van der Waals surface area contributed by atoms with E-state index >= 15 is 0 Å². The van der Waals surface area contributed by atoms with Crippen LogP contribution in [-0.2, 0) is 6.54 Å². The lowest BCUT2D eigenvalue weighted by Gasteiger charge is -2.16. The van der Waals surface area contributed by atoms with Gasteiger partial charge in [0.15, 0.2) is 0 Å². The van der Waals surface area contributed by atoms with Gasteiger partial charge >= 0.3 is 0 Å². The van der Waals surface area contributed by atoms with Crippen LogP contribution in [0.15, 0.2) is 41.3 Å². The van der Waals surface area contributed by atoms with Crippen molar-refractivity contribution in [3.63, 3.8) is 0 Å². The van der Waals surface area contributed by atoms with Crippen LogP contribution >= 0.6 is 15.9 Å². The molecule has 0 fully saturated rings. The fourth-order valence-corrected chi connectivity index (χ4v) is 2.14. The third kappa shape index (κ3) is 2.76. The Hall–Kier alpha value is -1.27. The van der Waals surface area contributed by atoms with Crippen molar-refractivity contribution >= 4 is 15.9 Å². The van der Waals surface area contributed by atoms with E-state index in [1.165, 1.54) is 10.9 Å². The van der Waals surface area contributed by atoms with Crippen LogP contribution in [0.1, 0.15) is 0 Å². The van der Waals surface area contributed by atoms with E-state index in [2.05, 4.69) is 20.9 Å². The molecule has 0 radical (unpaired) electrons. The normalized spacial score (nSPS) is 11.8. The van der Waals surface area contributed by atoms with E-state index in [0.29, 0.717) is 5.69 Å². The number of benzene rings is 1. The number of imidazole rings is 1. The summed E-state index contributed by atoms with van der Waals surface area (Å²) in [5.74, 6) is -2.93. The van der Waals surface area contributed by atoms with Gasteiger partial charge in [0.2, 0.25) is 0 Å². The first kappa shape index (κ1) is 13.2. The Morgan fingerprint density at radius 2 is 2.06 bits per heavy atom. The monoisotopic (exact) mass is 315 g/mol. The van der Waals surface area contributed by atoms with Gasteiger partial charge in [-0.15, -0.1) is 0 Å². The number of hydrogen-bond acceptors (Lipinski definition) is 2. The Bertz CT molecular complexity index is 540. The van der Waals surface area contributed by atoms with E-state index in [4.69, 9.17) is 5.73 Å². The van der Waals surface area contributed by atoms with Crippen molar-refractivity contribution in [2.24, 2.45) is 5.73 Å². The molecule has 0 saturated heterocycles. The second kappa shape index (κ2) is 5.16. The van der Waals surface area contributed by atoms with Crippen molar-refractivity contribution in [2.45, 2.75) is 12.5 Å². The van der Waals surface area contributed by atoms with Gasteiger partial charge < -0.3 is 10.3 Å². The molecule has 0 bridgehead atoms. The quantitative estimate of drug-likeness (QED) is 0.942. The number of hydrogen-bond donors (Lipinski definition) is 1. The fraction of sp³-hybridized carbons (Fsp3) is 0.250. The first-order valence-corrected chi connectivity index (χ1v) is 6.16. The van der Waals surface area contributed by atoms with Crippen LogP contribution < -0.4 is 5.73 Å². The molecule has 1 aromatic heterocycles. The number of halogens is 3. The standard InChI is InChI=1S/C12H12BrF2N3/c13-10-4-2-1-3-9(10)11-5-17-8-18(11)7-12(14,15)6-16/h1-5,8H,6-7,16H2. The molecule has 0 saturated carbocycles. The van der Waals surface area contributed by atoms with Crippen molar-refractivity contribution in [1.82, 2.24) is 9.55 Å². The Morgan fingerprint density at radius 1 is 1.33 bits per heavy atom. The highest BCUT2D eigenvalue weighted by Crippen LogP contribution is 2.29. The van der Waals surface area contributed by atoms with Crippen LogP contribution in [0.3, 0.4) is 0 Å². The van der Waals surface area contributed by atoms with Crippen LogP contribution in [-0.4, -0.2) is 22.0 Å². The molecule has 2 N–H and O–H groups in total. The zero-order chi connectivity index (χ0) is 13.2. The average Bonchev–Trinajstić information content (AvgIpc) is 2.77. The lowest BCUT2D eigenvalue weighted by atomic mass is 10.1. The Balaban J connectivity index is 2.37. The molecule has 1 heterocycles. The van der Waals surface area contributed by atoms with Gasteiger partial charge in [-0.05, 0) is 6.07 Å². The highest BCUT2D eigenvalue weighted by molar-refractivity contribution is 9.10. The van der Waals surface area contributed by atoms with Crippen LogP contribution in [0.4, 0.5) is 8.78 Å². The van der Waals surface area contributed by atoms with Crippen molar-refractivity contribution in [3.8, 4) is 11.3 Å². The highest BCUT2D eigenvalue weighted by Gasteiger charge is 2.28. The second-order valence-corrected chi connectivity index (χ2v) is 4.80. The molecule has 18 heavy (non-hydrogen) atoms. The maximum atomic E-state index is 13.3. The lowest BCUT2D eigenvalue weighted by Crippen LogP contribution is -2.32. The SMILES string of the molecule is NCC(F)(F)Cn1cncc1-c1ccccc1Br. The zero-order valence-corrected chi connectivity index (χ0v) is 11.1. The Kier molecular flexibility index (Phi) is 3.77. The van der Waals surface area contributed by atoms with Crippen molar-refractivity contribution in [1.29, 1.82) is 0 Å². The Labute approximate surface area is 112 Å². The Morgan fingerprint density at radius 3 is 2.72 bits per heavy atom. The van der Waals surface area contributed by atoms with Crippen molar-refractivity contribution in [2.75, 3.05) is 6.54 Å². The summed E-state index contributed by atoms with van der Waals surface area (Å²) in [7, 11) is 0. The third-order valence-electron chi connectivity index (χ3n) is 2.56. The van der Waals surface area contributed by atoms with Gasteiger partial charge in [0.05, 0.1) is 31.3 Å². The molecule has 0 amide bonds. The predicted molar refractivity (Wildman–Crippen MR) is 69.4 cm³/mol. The van der Waals surface area contributed by atoms with Gasteiger partial charge in [-0.2, -0.15) is 0 Å². The minimum Gasteiger partial charge on any atom is -0.325 e. The van der Waals surface area contributed by atoms with E-state index in [-0.39, 0.29) is 0 Å². The molecule has 6 heteroatoms. The number of nitrogens with two attached hydrogens (primary N) is 1. The average molecular weight is 316 g/mol. The molecule has 0 atom stereocenters. The summed E-state index contributed by atoms with van der Waals surface area (Å²) in [5.41, 5.74) is 6.51. The number of rotatable bonds is 4. The summed E-state index contributed by atoms with van der Waals surface area (Å²) < 4.78 is 28.9. The summed E-state index contributed by atoms with van der Waals surface area (Å²) in [6.45, 7) is -1.15. The van der Waals surface area contributed by atoms with Crippen LogP contribution in [0.2, 0.25) is 0 Å². The zero-order valence-electron chi connectivity index (χ0n) is 9.48. The third-order valence-corrected chi connectivity index (χ3v) is 3.25. The molecule has 3 nitrogen and oxygen atoms in total. The molecule has 1 aromatic carbocycles. The molecular weight excluding hydrogens is 304 g/mol. The van der Waals surface area contributed by atoms with Crippen molar-refractivity contribution < 1.29 is 8.78 Å². The minimum atomic E-state index is -2.93. The van der Waals surface area contributed by atoms with Crippen LogP contribution in [0.5, 0.6) is 0 Å². The first-order chi connectivity index (χ1) is 8.53. The molecule has 0 aliphatic carbocycles. The molecule has 0 aliphatic rings. The minimum absolute atomic E-state index is 0.472. The van der Waals surface area contributed by atoms with Gasteiger partial charge in [-0.25, -0.2) is 13.8 Å². The number of aromatic nitrogens is 2. The van der Waals surface area contributed by atoms with Gasteiger partial charge in [0.25, 0.3) is 5.92 Å². The molecular formula is C12H12BrF2N3. The molecule has 0 aliphatic heterocycles. The molecule has 2 aromatic rings.